The van der Waals surface area contributed by atoms with Crippen LogP contribution in [-0.2, 0) is 16.8 Å². The zero-order valence-electron chi connectivity index (χ0n) is 16.0. The highest BCUT2D eigenvalue weighted by molar-refractivity contribution is 5.85. The Labute approximate surface area is 156 Å². The molecule has 140 valence electrons. The number of hydrogen-bond donors (Lipinski definition) is 2. The van der Waals surface area contributed by atoms with Gasteiger partial charge in [-0.15, -0.1) is 0 Å². The molecule has 2 heterocycles. The third-order valence-corrected chi connectivity index (χ3v) is 5.27. The molecule has 1 saturated heterocycles. The quantitative estimate of drug-likeness (QED) is 0.838. The molecule has 1 aromatic heterocycles. The minimum Gasteiger partial charge on any atom is -0.347 e. The van der Waals surface area contributed by atoms with E-state index in [2.05, 4.69) is 53.8 Å². The summed E-state index contributed by atoms with van der Waals surface area (Å²) in [5.74, 6) is 0.702. The molecule has 0 saturated carbocycles. The van der Waals surface area contributed by atoms with Gasteiger partial charge in [-0.05, 0) is 62.4 Å². The highest BCUT2D eigenvalue weighted by atomic mass is 16.2. The first-order valence-corrected chi connectivity index (χ1v) is 9.62. The van der Waals surface area contributed by atoms with Crippen molar-refractivity contribution < 1.29 is 4.79 Å². The maximum absolute atomic E-state index is 13.2. The summed E-state index contributed by atoms with van der Waals surface area (Å²) in [5, 5.41) is 10.9. The van der Waals surface area contributed by atoms with E-state index in [4.69, 9.17) is 0 Å². The van der Waals surface area contributed by atoms with E-state index in [9.17, 15) is 4.79 Å². The van der Waals surface area contributed by atoms with Crippen molar-refractivity contribution in [3.8, 4) is 0 Å². The van der Waals surface area contributed by atoms with Crippen LogP contribution in [0.4, 0.5) is 0 Å². The summed E-state index contributed by atoms with van der Waals surface area (Å²) in [7, 11) is 0. The van der Waals surface area contributed by atoms with E-state index in [0.29, 0.717) is 5.92 Å². The van der Waals surface area contributed by atoms with Crippen molar-refractivity contribution in [3.05, 3.63) is 53.9 Å². The number of nitrogens with zero attached hydrogens (tertiary/aromatic N) is 2. The lowest BCUT2D eigenvalue weighted by molar-refractivity contribution is -0.132. The van der Waals surface area contributed by atoms with E-state index >= 15 is 0 Å². The van der Waals surface area contributed by atoms with E-state index in [-0.39, 0.29) is 11.9 Å². The molecule has 1 aromatic carbocycles. The SMILES string of the molecule is CC(C)Cc1ccc(C(C)NC(=O)C2(n3cccn3)CCNCC2)cc1. The molecule has 1 amide bonds. The van der Waals surface area contributed by atoms with E-state index < -0.39 is 5.54 Å². The molecular formula is C21H30N4O. The largest absolute Gasteiger partial charge is 0.347 e. The van der Waals surface area contributed by atoms with Crippen LogP contribution in [0.25, 0.3) is 0 Å². The molecule has 1 fully saturated rings. The van der Waals surface area contributed by atoms with Crippen LogP contribution in [0.3, 0.4) is 0 Å². The summed E-state index contributed by atoms with van der Waals surface area (Å²) in [6.45, 7) is 8.15. The summed E-state index contributed by atoms with van der Waals surface area (Å²) < 4.78 is 1.83. The van der Waals surface area contributed by atoms with Crippen molar-refractivity contribution in [2.24, 2.45) is 5.92 Å². The average Bonchev–Trinajstić information content (AvgIpc) is 3.17. The van der Waals surface area contributed by atoms with E-state index in [1.165, 1.54) is 5.56 Å². The van der Waals surface area contributed by atoms with Crippen molar-refractivity contribution in [1.29, 1.82) is 0 Å². The Hall–Kier alpha value is -2.14. The third kappa shape index (κ3) is 3.98. The smallest absolute Gasteiger partial charge is 0.248 e. The molecule has 0 radical (unpaired) electrons. The van der Waals surface area contributed by atoms with Crippen molar-refractivity contribution in [2.45, 2.75) is 51.6 Å². The molecular weight excluding hydrogens is 324 g/mol. The van der Waals surface area contributed by atoms with Gasteiger partial charge in [-0.3, -0.25) is 9.48 Å². The number of aromatic nitrogens is 2. The van der Waals surface area contributed by atoms with Crippen LogP contribution in [0.2, 0.25) is 0 Å². The van der Waals surface area contributed by atoms with Gasteiger partial charge in [0.15, 0.2) is 0 Å². The van der Waals surface area contributed by atoms with Crippen LogP contribution in [0.5, 0.6) is 0 Å². The molecule has 1 aliphatic rings. The molecule has 1 aliphatic heterocycles. The first kappa shape index (κ1) is 18.6. The number of benzene rings is 1. The highest BCUT2D eigenvalue weighted by Gasteiger charge is 2.42. The Morgan fingerprint density at radius 1 is 1.23 bits per heavy atom. The van der Waals surface area contributed by atoms with E-state index in [1.807, 2.05) is 23.9 Å². The van der Waals surface area contributed by atoms with Gasteiger partial charge >= 0.3 is 0 Å². The summed E-state index contributed by atoms with van der Waals surface area (Å²) >= 11 is 0. The van der Waals surface area contributed by atoms with Crippen LogP contribution >= 0.6 is 0 Å². The zero-order chi connectivity index (χ0) is 18.6. The second kappa shape index (κ2) is 8.04. The van der Waals surface area contributed by atoms with Gasteiger partial charge in [0.25, 0.3) is 0 Å². The molecule has 5 heteroatoms. The number of rotatable bonds is 6. The van der Waals surface area contributed by atoms with Crippen molar-refractivity contribution in [3.63, 3.8) is 0 Å². The molecule has 26 heavy (non-hydrogen) atoms. The fraction of sp³-hybridized carbons (Fsp3) is 0.524. The van der Waals surface area contributed by atoms with Gasteiger partial charge < -0.3 is 10.6 Å². The van der Waals surface area contributed by atoms with Crippen LogP contribution in [0.1, 0.15) is 50.8 Å². The van der Waals surface area contributed by atoms with Gasteiger partial charge in [-0.1, -0.05) is 38.1 Å². The first-order valence-electron chi connectivity index (χ1n) is 9.62. The second-order valence-corrected chi connectivity index (χ2v) is 7.77. The fourth-order valence-corrected chi connectivity index (χ4v) is 3.75. The minimum absolute atomic E-state index is 0.0297. The normalized spacial score (nSPS) is 17.8. The van der Waals surface area contributed by atoms with Gasteiger partial charge in [0.1, 0.15) is 5.54 Å². The maximum atomic E-state index is 13.2. The first-order chi connectivity index (χ1) is 12.5. The monoisotopic (exact) mass is 354 g/mol. The lowest BCUT2D eigenvalue weighted by atomic mass is 9.87. The predicted molar refractivity (Wildman–Crippen MR) is 104 cm³/mol. The van der Waals surface area contributed by atoms with Gasteiger partial charge in [-0.2, -0.15) is 5.10 Å². The standard InChI is InChI=1S/C21H30N4O/c1-16(2)15-18-5-7-19(8-6-18)17(3)24-20(26)21(9-12-22-13-10-21)25-14-4-11-23-25/h4-8,11,14,16-17,22H,9-10,12-13,15H2,1-3H3,(H,24,26). The van der Waals surface area contributed by atoms with Crippen LogP contribution in [-0.4, -0.2) is 28.8 Å². The van der Waals surface area contributed by atoms with Crippen LogP contribution in [0.15, 0.2) is 42.7 Å². The number of carbonyl (C=O) groups is 1. The molecule has 5 nitrogen and oxygen atoms in total. The molecule has 1 atom stereocenters. The van der Waals surface area contributed by atoms with Crippen molar-refractivity contribution >= 4 is 5.91 Å². The Morgan fingerprint density at radius 2 is 1.92 bits per heavy atom. The van der Waals surface area contributed by atoms with Gasteiger partial charge in [-0.25, -0.2) is 0 Å². The molecule has 0 aliphatic carbocycles. The zero-order valence-corrected chi connectivity index (χ0v) is 16.0. The van der Waals surface area contributed by atoms with Crippen molar-refractivity contribution in [1.82, 2.24) is 20.4 Å². The molecule has 2 N–H and O–H groups in total. The average molecular weight is 354 g/mol. The predicted octanol–water partition coefficient (Wildman–Crippen LogP) is 3.04. The Morgan fingerprint density at radius 3 is 2.50 bits per heavy atom. The number of hydrogen-bond acceptors (Lipinski definition) is 3. The third-order valence-electron chi connectivity index (χ3n) is 5.27. The summed E-state index contributed by atoms with van der Waals surface area (Å²) in [6.07, 6.45) is 6.22. The Balaban J connectivity index is 1.73. The fourth-order valence-electron chi connectivity index (χ4n) is 3.75. The van der Waals surface area contributed by atoms with E-state index in [0.717, 1.165) is 37.9 Å². The van der Waals surface area contributed by atoms with E-state index in [1.54, 1.807) is 6.20 Å². The molecule has 0 bridgehead atoms. The highest BCUT2D eigenvalue weighted by Crippen LogP contribution is 2.28. The minimum atomic E-state index is -0.597. The van der Waals surface area contributed by atoms with Gasteiger partial charge in [0.2, 0.25) is 5.91 Å². The molecule has 2 aromatic rings. The van der Waals surface area contributed by atoms with Crippen molar-refractivity contribution in [2.75, 3.05) is 13.1 Å². The second-order valence-electron chi connectivity index (χ2n) is 7.77. The lowest BCUT2D eigenvalue weighted by Gasteiger charge is -2.37. The lowest BCUT2D eigenvalue weighted by Crippen LogP contribution is -2.55. The topological polar surface area (TPSA) is 59.0 Å². The maximum Gasteiger partial charge on any atom is 0.248 e. The Bertz CT molecular complexity index is 700. The van der Waals surface area contributed by atoms with Gasteiger partial charge in [0, 0.05) is 12.4 Å². The number of piperidine rings is 1. The molecule has 3 rings (SSSR count). The number of carbonyl (C=O) groups excluding carboxylic acids is 1. The van der Waals surface area contributed by atoms with Crippen LogP contribution in [0, 0.1) is 5.92 Å². The van der Waals surface area contributed by atoms with Crippen LogP contribution < -0.4 is 10.6 Å². The summed E-state index contributed by atoms with van der Waals surface area (Å²) in [4.78, 5) is 13.2. The molecule has 1 unspecified atom stereocenters. The summed E-state index contributed by atoms with van der Waals surface area (Å²) in [5.41, 5.74) is 1.88. The number of amides is 1. The Kier molecular flexibility index (Phi) is 5.77. The number of nitrogens with one attached hydrogen (secondary N) is 2. The van der Waals surface area contributed by atoms with Gasteiger partial charge in [0.05, 0.1) is 6.04 Å². The molecule has 0 spiro atoms. The summed E-state index contributed by atoms with van der Waals surface area (Å²) in [6, 6.07) is 10.5.